The van der Waals surface area contributed by atoms with Crippen molar-refractivity contribution in [3.63, 3.8) is 0 Å². The normalized spacial score (nSPS) is 14.3. The van der Waals surface area contributed by atoms with Crippen molar-refractivity contribution in [2.24, 2.45) is 0 Å². The number of methoxy groups -OCH3 is 1. The Balaban J connectivity index is 1.76. The van der Waals surface area contributed by atoms with E-state index in [9.17, 15) is 29.3 Å². The summed E-state index contributed by atoms with van der Waals surface area (Å²) in [6, 6.07) is 14.9. The molecule has 0 spiro atoms. The van der Waals surface area contributed by atoms with Crippen molar-refractivity contribution >= 4 is 42.0 Å². The fraction of sp³-hybridized carbons (Fsp3) is 0.324. The molecule has 1 aliphatic rings. The highest BCUT2D eigenvalue weighted by Gasteiger charge is 2.31. The number of nitrogens with one attached hydrogen (secondary N) is 5. The van der Waals surface area contributed by atoms with Crippen molar-refractivity contribution < 1.29 is 28.8 Å². The Morgan fingerprint density at radius 2 is 1.38 bits per heavy atom. The smallest absolute Gasteiger partial charge is 0.329 e. The minimum absolute atomic E-state index is 0.0235. The van der Waals surface area contributed by atoms with Crippen LogP contribution < -0.4 is 21.3 Å². The van der Waals surface area contributed by atoms with E-state index in [0.29, 0.717) is 11.3 Å². The molecule has 0 radical (unpaired) electrons. The summed E-state index contributed by atoms with van der Waals surface area (Å²) in [6.45, 7) is 3.44. The number of nitro groups is 1. The quantitative estimate of drug-likeness (QED) is 0.0676. The standard InChI is InChI=1S/C34H40N6O7S/c1-21(2)30-28(40(45)46)15-14-24(31(30)35)36-17-16-29(41)37-25(18-22-10-6-4-7-11-22)32(42)38-26(19-23-12-8-5-9-13-23)33(43)39-27(20-48)34(44)47-3/h4-15,25-27,35-36,48H,16-20H2,1-3H3,(H,37,41)(H,38,42)(H,39,43). The molecular formula is C34H40N6O7S. The lowest BCUT2D eigenvalue weighted by atomic mass is 9.95. The van der Waals surface area contributed by atoms with Gasteiger partial charge >= 0.3 is 5.97 Å². The van der Waals surface area contributed by atoms with Gasteiger partial charge in [0.1, 0.15) is 18.1 Å². The molecule has 5 N–H and O–H groups in total. The third kappa shape index (κ3) is 10.7. The van der Waals surface area contributed by atoms with Crippen molar-refractivity contribution in [2.45, 2.75) is 51.2 Å². The number of hydrogen-bond donors (Lipinski definition) is 6. The molecule has 0 bridgehead atoms. The van der Waals surface area contributed by atoms with Crippen LogP contribution >= 0.6 is 12.6 Å². The molecule has 3 unspecified atom stereocenters. The molecular weight excluding hydrogens is 636 g/mol. The van der Waals surface area contributed by atoms with Gasteiger partial charge in [-0.2, -0.15) is 12.6 Å². The maximum absolute atomic E-state index is 13.8. The first-order valence-corrected chi connectivity index (χ1v) is 15.8. The number of benzene rings is 2. The second-order valence-corrected chi connectivity index (χ2v) is 11.5. The van der Waals surface area contributed by atoms with Crippen molar-refractivity contribution in [1.29, 1.82) is 5.41 Å². The predicted molar refractivity (Wildman–Crippen MR) is 184 cm³/mol. The van der Waals surface area contributed by atoms with E-state index in [1.54, 1.807) is 50.2 Å². The van der Waals surface area contributed by atoms with Gasteiger partial charge in [0.2, 0.25) is 17.7 Å². The molecule has 14 heteroatoms. The molecule has 2 aromatic rings. The van der Waals surface area contributed by atoms with Crippen molar-refractivity contribution in [1.82, 2.24) is 21.3 Å². The molecule has 254 valence electrons. The third-order valence-corrected chi connectivity index (χ3v) is 7.75. The van der Waals surface area contributed by atoms with E-state index in [-0.39, 0.29) is 48.5 Å². The average molecular weight is 677 g/mol. The lowest BCUT2D eigenvalue weighted by Crippen LogP contribution is -2.57. The van der Waals surface area contributed by atoms with E-state index in [2.05, 4.69) is 33.9 Å². The van der Waals surface area contributed by atoms with Gasteiger partial charge in [-0.05, 0) is 31.1 Å². The molecule has 3 amide bonds. The average Bonchev–Trinajstić information content (AvgIpc) is 3.07. The number of carbonyl (C=O) groups excluding carboxylic acids is 4. The molecule has 48 heavy (non-hydrogen) atoms. The Kier molecular flexibility index (Phi) is 14.1. The second-order valence-electron chi connectivity index (χ2n) is 11.1. The number of allylic oxidation sites excluding steroid dienone is 5. The number of thiol groups is 1. The Hall–Kier alpha value is -5.24. The molecule has 1 aliphatic carbocycles. The number of ether oxygens (including phenoxy) is 1. The van der Waals surface area contributed by atoms with Gasteiger partial charge in [-0.25, -0.2) is 4.79 Å². The van der Waals surface area contributed by atoms with Gasteiger partial charge in [0.25, 0.3) is 5.70 Å². The van der Waals surface area contributed by atoms with E-state index in [0.717, 1.165) is 11.1 Å². The van der Waals surface area contributed by atoms with Crippen LogP contribution in [0.15, 0.2) is 95.4 Å². The number of nitrogens with zero attached hydrogens (tertiary/aromatic N) is 1. The Morgan fingerprint density at radius 1 is 0.854 bits per heavy atom. The number of hydrogen-bond acceptors (Lipinski definition) is 10. The Labute approximate surface area is 284 Å². The van der Waals surface area contributed by atoms with E-state index in [1.165, 1.54) is 19.3 Å². The highest BCUT2D eigenvalue weighted by molar-refractivity contribution is 7.80. The van der Waals surface area contributed by atoms with Gasteiger partial charge in [0.05, 0.1) is 29.0 Å². The number of rotatable bonds is 16. The first-order chi connectivity index (χ1) is 22.9. The van der Waals surface area contributed by atoms with E-state index in [1.807, 2.05) is 24.3 Å². The van der Waals surface area contributed by atoms with Gasteiger partial charge < -0.3 is 26.0 Å². The van der Waals surface area contributed by atoms with Crippen molar-refractivity contribution in [3.05, 3.63) is 117 Å². The summed E-state index contributed by atoms with van der Waals surface area (Å²) in [5.41, 5.74) is 2.43. The summed E-state index contributed by atoms with van der Waals surface area (Å²) in [6.07, 6.45) is 2.88. The zero-order valence-electron chi connectivity index (χ0n) is 26.9. The summed E-state index contributed by atoms with van der Waals surface area (Å²) in [4.78, 5) is 63.3. The topological polar surface area (TPSA) is 193 Å². The summed E-state index contributed by atoms with van der Waals surface area (Å²) in [5.74, 6) is -2.42. The van der Waals surface area contributed by atoms with E-state index < -0.39 is 46.7 Å². The summed E-state index contributed by atoms with van der Waals surface area (Å²) < 4.78 is 4.75. The van der Waals surface area contributed by atoms with Gasteiger partial charge in [0.15, 0.2) is 0 Å². The molecule has 0 fully saturated rings. The SMILES string of the molecule is COC(=O)C(CS)NC(=O)C(Cc1ccccc1)NC(=O)C(Cc1ccccc1)NC(=O)CCNC1=CC=C([N+](=O)[O-])C(=C(C)C)C1=N. The van der Waals surface area contributed by atoms with Gasteiger partial charge in [-0.15, -0.1) is 0 Å². The van der Waals surface area contributed by atoms with Crippen molar-refractivity contribution in [2.75, 3.05) is 19.4 Å². The second kappa shape index (κ2) is 18.2. The highest BCUT2D eigenvalue weighted by Crippen LogP contribution is 2.24. The van der Waals surface area contributed by atoms with Crippen molar-refractivity contribution in [3.8, 4) is 0 Å². The third-order valence-electron chi connectivity index (χ3n) is 7.38. The monoisotopic (exact) mass is 676 g/mol. The summed E-state index contributed by atoms with van der Waals surface area (Å²) in [5, 5.41) is 31.0. The zero-order chi connectivity index (χ0) is 35.2. The van der Waals surface area contributed by atoms with Crippen LogP contribution in [0.2, 0.25) is 0 Å². The van der Waals surface area contributed by atoms with Crippen LogP contribution in [-0.2, 0) is 36.8 Å². The Morgan fingerprint density at radius 3 is 1.85 bits per heavy atom. The molecule has 0 saturated heterocycles. The number of esters is 1. The predicted octanol–water partition coefficient (Wildman–Crippen LogP) is 2.42. The number of amides is 3. The highest BCUT2D eigenvalue weighted by atomic mass is 32.1. The van der Waals surface area contributed by atoms with Gasteiger partial charge in [-0.1, -0.05) is 66.2 Å². The van der Waals surface area contributed by atoms with E-state index in [4.69, 9.17) is 10.1 Å². The molecule has 3 rings (SSSR count). The van der Waals surface area contributed by atoms with E-state index >= 15 is 0 Å². The van der Waals surface area contributed by atoms with Gasteiger partial charge in [-0.3, -0.25) is 29.9 Å². The maximum atomic E-state index is 13.8. The van der Waals surface area contributed by atoms with Crippen LogP contribution in [0.3, 0.4) is 0 Å². The van der Waals surface area contributed by atoms with Crippen LogP contribution in [0.4, 0.5) is 0 Å². The van der Waals surface area contributed by atoms with Crippen LogP contribution in [0.25, 0.3) is 0 Å². The van der Waals surface area contributed by atoms with Crippen LogP contribution in [0.1, 0.15) is 31.4 Å². The lowest BCUT2D eigenvalue weighted by Gasteiger charge is -2.25. The Bertz CT molecular complexity index is 1600. The minimum Gasteiger partial charge on any atom is -0.467 e. The maximum Gasteiger partial charge on any atom is 0.329 e. The zero-order valence-corrected chi connectivity index (χ0v) is 27.8. The molecule has 2 aromatic carbocycles. The summed E-state index contributed by atoms with van der Waals surface area (Å²) in [7, 11) is 1.19. The first kappa shape index (κ1) is 37.2. The molecule has 0 aromatic heterocycles. The molecule has 3 atom stereocenters. The molecule has 0 saturated carbocycles. The first-order valence-electron chi connectivity index (χ1n) is 15.2. The fourth-order valence-corrected chi connectivity index (χ4v) is 5.20. The fourth-order valence-electron chi connectivity index (χ4n) is 4.96. The number of carbonyl (C=O) groups is 4. The minimum atomic E-state index is -1.10. The van der Waals surface area contributed by atoms with Crippen LogP contribution in [0, 0.1) is 15.5 Å². The molecule has 0 heterocycles. The van der Waals surface area contributed by atoms with Crippen LogP contribution in [0.5, 0.6) is 0 Å². The molecule has 0 aliphatic heterocycles. The summed E-state index contributed by atoms with van der Waals surface area (Å²) >= 11 is 4.14. The lowest BCUT2D eigenvalue weighted by molar-refractivity contribution is -0.420. The van der Waals surface area contributed by atoms with Gasteiger partial charge in [0, 0.05) is 37.6 Å². The molecule has 13 nitrogen and oxygen atoms in total. The van der Waals surface area contributed by atoms with Crippen LogP contribution in [-0.4, -0.2) is 71.9 Å². The largest absolute Gasteiger partial charge is 0.467 e.